The molecule has 2 fully saturated rings. The number of carbonyl (C=O) groups excluding carboxylic acids is 8. The van der Waals surface area contributed by atoms with Crippen molar-refractivity contribution >= 4 is 47.8 Å². The van der Waals surface area contributed by atoms with Crippen LogP contribution in [0.3, 0.4) is 0 Å². The van der Waals surface area contributed by atoms with Gasteiger partial charge in [0.1, 0.15) is 6.42 Å². The predicted molar refractivity (Wildman–Crippen MR) is 276 cm³/mol. The van der Waals surface area contributed by atoms with Crippen molar-refractivity contribution in [2.75, 3.05) is 0 Å². The van der Waals surface area contributed by atoms with Gasteiger partial charge in [0.2, 0.25) is 0 Å². The Morgan fingerprint density at radius 2 is 1.03 bits per heavy atom. The standard InChI is InChI=1S/C15H22O3.C14H20O3.C11H19.C10H18.2C4H2O3/c1-3-5-7-9-12(10-8-6-4-2)13-11-14(16)18-15(13)17;1-3-5-6-10-8-7-9(4-2)11-12(10)14(16)17-13(11)15;1-3-5-7-9-11-10-8-6-4-2;1-3-5-7-9-10-8-6-4-2;2*5-3-1-2-4(6)7-3/h7-10,12-13H,3-6,11H2,1-2H3;7-12H,3-6H2,1-2H3;3,7-10H,4-6,11H2,1-2H3;5,7,9-10H,3-4,6,8H2,1-2H3;2*1-2H/q;;+1;;;/b9-7-,10-8-;;9-7-,10-8-;7-5+,10-9+;;. The monoisotopic (exact) mass is 972 g/mol. The molecule has 0 aromatic heterocycles. The summed E-state index contributed by atoms with van der Waals surface area (Å²) in [4.78, 5) is 85.9. The molecule has 5 rings (SSSR count). The number of unbranched alkanes of at least 4 members (excludes halogenated alkanes) is 7. The van der Waals surface area contributed by atoms with E-state index in [0.717, 1.165) is 94.9 Å². The van der Waals surface area contributed by atoms with E-state index in [1.54, 1.807) is 0 Å². The van der Waals surface area contributed by atoms with Crippen LogP contribution in [0, 0.1) is 41.9 Å². The third kappa shape index (κ3) is 29.9. The molecule has 5 atom stereocenters. The van der Waals surface area contributed by atoms with Crippen LogP contribution in [0.25, 0.3) is 0 Å². The molecule has 0 saturated carbocycles. The summed E-state index contributed by atoms with van der Waals surface area (Å²) < 4.78 is 17.4. The highest BCUT2D eigenvalue weighted by molar-refractivity contribution is 6.05. The van der Waals surface area contributed by atoms with E-state index in [9.17, 15) is 38.4 Å². The number of rotatable bonds is 22. The number of esters is 8. The first-order chi connectivity index (χ1) is 33.8. The summed E-state index contributed by atoms with van der Waals surface area (Å²) in [7, 11) is 0. The molecule has 0 N–H and O–H groups in total. The smallest absolute Gasteiger partial charge is 0.338 e. The Morgan fingerprint density at radius 3 is 1.47 bits per heavy atom. The molecule has 0 amide bonds. The molecule has 5 unspecified atom stereocenters. The summed E-state index contributed by atoms with van der Waals surface area (Å²) >= 11 is 0. The molecular weight excluding hydrogens is 889 g/mol. The SMILES string of the molecule is CC/C=C/C=C/CCCC.CCC/C=C\C(/C=C\CCC)C1CC(=O)OC1=O.CCCCC1C=CC(CC)C2C(=O)OC(=O)C12.C[CH+]C/C=C\C/C=C\CCC.O=C1C=CC(=O)O1.O=C1C=CC(=O)O1. The Labute approximate surface area is 419 Å². The van der Waals surface area contributed by atoms with Gasteiger partial charge in [0.15, 0.2) is 0 Å². The lowest BCUT2D eigenvalue weighted by atomic mass is 9.69. The molecule has 12 heteroatoms. The van der Waals surface area contributed by atoms with Gasteiger partial charge in [0.25, 0.3) is 0 Å². The molecule has 2 saturated heterocycles. The molecule has 0 radical (unpaired) electrons. The Bertz CT molecular complexity index is 1760. The van der Waals surface area contributed by atoms with Crippen molar-refractivity contribution in [2.24, 2.45) is 35.5 Å². The fraction of sp³-hybridized carbons (Fsp3) is 0.534. The van der Waals surface area contributed by atoms with Crippen LogP contribution in [0.5, 0.6) is 0 Å². The number of allylic oxidation sites excluding steroid dienone is 14. The van der Waals surface area contributed by atoms with E-state index < -0.39 is 29.8 Å². The summed E-state index contributed by atoms with van der Waals surface area (Å²) in [5.74, 6) is -4.12. The number of cyclic esters (lactones) is 8. The van der Waals surface area contributed by atoms with Gasteiger partial charge in [-0.25, -0.2) is 19.2 Å². The van der Waals surface area contributed by atoms with Gasteiger partial charge in [-0.3, -0.25) is 19.2 Å². The van der Waals surface area contributed by atoms with Crippen LogP contribution in [0.1, 0.15) is 165 Å². The van der Waals surface area contributed by atoms with Crippen molar-refractivity contribution in [3.8, 4) is 0 Å². The van der Waals surface area contributed by atoms with Gasteiger partial charge in [-0.1, -0.05) is 172 Å². The third-order valence-electron chi connectivity index (χ3n) is 10.9. The molecule has 70 heavy (non-hydrogen) atoms. The second-order valence-electron chi connectivity index (χ2n) is 16.8. The molecule has 4 aliphatic heterocycles. The lowest BCUT2D eigenvalue weighted by Crippen LogP contribution is -2.33. The Kier molecular flexibility index (Phi) is 38.5. The van der Waals surface area contributed by atoms with Gasteiger partial charge in [0, 0.05) is 30.2 Å². The zero-order chi connectivity index (χ0) is 52.4. The lowest BCUT2D eigenvalue weighted by Gasteiger charge is -2.30. The zero-order valence-electron chi connectivity index (χ0n) is 43.4. The van der Waals surface area contributed by atoms with E-state index in [4.69, 9.17) is 4.74 Å². The Hall–Kier alpha value is -5.91. The van der Waals surface area contributed by atoms with Gasteiger partial charge in [0.05, 0.1) is 37.5 Å². The maximum Gasteiger partial charge on any atom is 0.338 e. The van der Waals surface area contributed by atoms with Crippen LogP contribution >= 0.6 is 0 Å². The van der Waals surface area contributed by atoms with E-state index in [-0.39, 0.29) is 59.8 Å². The summed E-state index contributed by atoms with van der Waals surface area (Å²) in [6.07, 6.45) is 54.6. The van der Waals surface area contributed by atoms with E-state index in [1.165, 1.54) is 32.1 Å². The number of hydrogen-bond acceptors (Lipinski definition) is 12. The molecule has 0 aromatic rings. The zero-order valence-corrected chi connectivity index (χ0v) is 43.4. The van der Waals surface area contributed by atoms with Gasteiger partial charge in [-0.2, -0.15) is 0 Å². The van der Waals surface area contributed by atoms with Gasteiger partial charge in [-0.15, -0.1) is 0 Å². The minimum atomic E-state index is -0.579. The van der Waals surface area contributed by atoms with Crippen LogP contribution < -0.4 is 0 Å². The molecule has 5 aliphatic rings. The topological polar surface area (TPSA) is 173 Å². The highest BCUT2D eigenvalue weighted by atomic mass is 16.6. The van der Waals surface area contributed by atoms with Gasteiger partial charge < -0.3 is 18.9 Å². The van der Waals surface area contributed by atoms with E-state index >= 15 is 0 Å². The van der Waals surface area contributed by atoms with Crippen molar-refractivity contribution in [2.45, 2.75) is 165 Å². The molecule has 386 valence electrons. The summed E-state index contributed by atoms with van der Waals surface area (Å²) in [6.45, 7) is 17.1. The minimum absolute atomic E-state index is 0.0120. The summed E-state index contributed by atoms with van der Waals surface area (Å²) in [5, 5.41) is 0. The first-order valence-corrected chi connectivity index (χ1v) is 25.6. The van der Waals surface area contributed by atoms with Gasteiger partial charge >= 0.3 is 47.8 Å². The third-order valence-corrected chi connectivity index (χ3v) is 10.9. The average molecular weight is 972 g/mol. The highest BCUT2D eigenvalue weighted by Crippen LogP contribution is 2.43. The van der Waals surface area contributed by atoms with Crippen molar-refractivity contribution in [1.29, 1.82) is 0 Å². The number of fused-ring (bicyclic) bond motifs is 1. The normalized spacial score (nSPS) is 21.0. The van der Waals surface area contributed by atoms with Crippen molar-refractivity contribution < 1.29 is 57.3 Å². The van der Waals surface area contributed by atoms with Crippen LogP contribution in [0.2, 0.25) is 0 Å². The molecule has 4 heterocycles. The molecule has 0 spiro atoms. The molecule has 0 aromatic carbocycles. The van der Waals surface area contributed by atoms with Crippen molar-refractivity contribution in [3.63, 3.8) is 0 Å². The molecule has 12 nitrogen and oxygen atoms in total. The lowest BCUT2D eigenvalue weighted by molar-refractivity contribution is -0.155. The maximum atomic E-state index is 11.8. The number of hydrogen-bond donors (Lipinski definition) is 0. The molecule has 1 aliphatic carbocycles. The quantitative estimate of drug-likeness (QED) is 0.0191. The maximum absolute atomic E-state index is 11.8. The van der Waals surface area contributed by atoms with E-state index in [1.807, 2.05) is 12.2 Å². The van der Waals surface area contributed by atoms with Gasteiger partial charge in [-0.05, 0) is 69.3 Å². The second kappa shape index (κ2) is 42.0. The number of carbonyl (C=O) groups is 8. The fourth-order valence-corrected chi connectivity index (χ4v) is 7.11. The average Bonchev–Trinajstić information content (AvgIpc) is 4.11. The van der Waals surface area contributed by atoms with Crippen molar-refractivity contribution in [1.82, 2.24) is 0 Å². The first-order valence-electron chi connectivity index (χ1n) is 25.6. The van der Waals surface area contributed by atoms with Crippen LogP contribution in [0.15, 0.2) is 109 Å². The highest BCUT2D eigenvalue weighted by Gasteiger charge is 2.51. The van der Waals surface area contributed by atoms with Crippen LogP contribution in [-0.4, -0.2) is 47.8 Å². The first kappa shape index (κ1) is 64.1. The number of ether oxygens (including phenoxy) is 4. The Balaban J connectivity index is 0.000000847. The van der Waals surface area contributed by atoms with Crippen molar-refractivity contribution in [3.05, 3.63) is 116 Å². The van der Waals surface area contributed by atoms with Crippen LogP contribution in [-0.2, 0) is 57.3 Å². The second-order valence-corrected chi connectivity index (χ2v) is 16.8. The molecule has 0 bridgehead atoms. The Morgan fingerprint density at radius 1 is 0.529 bits per heavy atom. The largest absolute Gasteiger partial charge is 0.393 e. The molecular formula is C58H83O12+. The van der Waals surface area contributed by atoms with Crippen LogP contribution in [0.4, 0.5) is 0 Å². The van der Waals surface area contributed by atoms with E-state index in [2.05, 4.69) is 149 Å². The predicted octanol–water partition coefficient (Wildman–Crippen LogP) is 13.0. The summed E-state index contributed by atoms with van der Waals surface area (Å²) in [6, 6.07) is 0. The minimum Gasteiger partial charge on any atom is -0.393 e. The summed E-state index contributed by atoms with van der Waals surface area (Å²) in [5.41, 5.74) is 0. The van der Waals surface area contributed by atoms with E-state index in [0.29, 0.717) is 0 Å². The fourth-order valence-electron chi connectivity index (χ4n) is 7.11.